The van der Waals surface area contributed by atoms with Crippen LogP contribution in [0, 0.1) is 17.3 Å². The Hall–Kier alpha value is -0.193. The molecule has 0 aliphatic heterocycles. The van der Waals surface area contributed by atoms with Gasteiger partial charge in [-0.25, -0.2) is 0 Å². The summed E-state index contributed by atoms with van der Waals surface area (Å²) in [6, 6.07) is 0. The highest BCUT2D eigenvalue weighted by Gasteiger charge is 2.71. The standard InChI is InChI=1S/C14H26O3Si/c1-13(2,3)18(5,6)17-8-9-7-10-12(16)14(10,4)11(9)15/h9-11,15H,7-8H2,1-6H3/t9-,10-,11+,14-/m0/s1. The van der Waals surface area contributed by atoms with E-state index in [-0.39, 0.29) is 22.7 Å². The molecule has 0 unspecified atom stereocenters. The lowest BCUT2D eigenvalue weighted by Gasteiger charge is -2.37. The first-order valence-electron chi connectivity index (χ1n) is 6.88. The second-order valence-corrected chi connectivity index (χ2v) is 12.5. The van der Waals surface area contributed by atoms with Crippen molar-refractivity contribution in [3.8, 4) is 0 Å². The van der Waals surface area contributed by atoms with Gasteiger partial charge in [-0.3, -0.25) is 4.79 Å². The first-order chi connectivity index (χ1) is 8.02. The van der Waals surface area contributed by atoms with Crippen LogP contribution in [-0.2, 0) is 9.22 Å². The molecule has 2 saturated carbocycles. The Kier molecular flexibility index (Phi) is 3.08. The second-order valence-electron chi connectivity index (χ2n) is 7.71. The first-order valence-corrected chi connectivity index (χ1v) is 9.79. The van der Waals surface area contributed by atoms with E-state index in [0.29, 0.717) is 6.61 Å². The third-order valence-corrected chi connectivity index (χ3v) is 10.1. The molecule has 104 valence electrons. The SMILES string of the molecule is CC(C)(C)[Si](C)(C)OC[C@@H]1C[C@H]2C(=O)[C@]2(C)[C@@H]1O. The Bertz CT molecular complexity index is 372. The molecule has 4 atom stereocenters. The normalized spacial score (nSPS) is 39.9. The number of rotatable bonds is 3. The van der Waals surface area contributed by atoms with Gasteiger partial charge in [0.15, 0.2) is 8.32 Å². The summed E-state index contributed by atoms with van der Waals surface area (Å²) in [6.45, 7) is 13.6. The highest BCUT2D eigenvalue weighted by Crippen LogP contribution is 2.61. The van der Waals surface area contributed by atoms with Crippen molar-refractivity contribution in [1.82, 2.24) is 0 Å². The van der Waals surface area contributed by atoms with Crippen molar-refractivity contribution in [2.75, 3.05) is 6.61 Å². The molecule has 0 radical (unpaired) electrons. The Labute approximate surface area is 111 Å². The Balaban J connectivity index is 1.92. The van der Waals surface area contributed by atoms with Crippen molar-refractivity contribution in [2.24, 2.45) is 17.3 Å². The molecule has 0 amide bonds. The summed E-state index contributed by atoms with van der Waals surface area (Å²) >= 11 is 0. The van der Waals surface area contributed by atoms with E-state index in [1.807, 2.05) is 6.92 Å². The molecule has 2 aliphatic carbocycles. The summed E-state index contributed by atoms with van der Waals surface area (Å²) in [5, 5.41) is 10.4. The van der Waals surface area contributed by atoms with Gasteiger partial charge in [-0.2, -0.15) is 0 Å². The van der Waals surface area contributed by atoms with Crippen LogP contribution in [0.15, 0.2) is 0 Å². The molecule has 1 N–H and O–H groups in total. The molecule has 0 bridgehead atoms. The molecule has 0 aromatic heterocycles. The third-order valence-electron chi connectivity index (χ3n) is 5.55. The number of aliphatic hydroxyl groups is 1. The fourth-order valence-electron chi connectivity index (χ4n) is 2.81. The Morgan fingerprint density at radius 3 is 2.39 bits per heavy atom. The van der Waals surface area contributed by atoms with E-state index < -0.39 is 19.8 Å². The molecule has 0 aromatic carbocycles. The fourth-order valence-corrected chi connectivity index (χ4v) is 3.88. The maximum atomic E-state index is 11.5. The molecule has 0 aromatic rings. The molecule has 2 rings (SSSR count). The number of aliphatic hydroxyl groups excluding tert-OH is 1. The van der Waals surface area contributed by atoms with Crippen molar-refractivity contribution >= 4 is 14.1 Å². The lowest BCUT2D eigenvalue weighted by atomic mass is 9.95. The lowest BCUT2D eigenvalue weighted by Crippen LogP contribution is -2.43. The average Bonchev–Trinajstić information content (AvgIpc) is 2.61. The van der Waals surface area contributed by atoms with Crippen molar-refractivity contribution in [1.29, 1.82) is 0 Å². The molecule has 0 saturated heterocycles. The van der Waals surface area contributed by atoms with Gasteiger partial charge in [0.1, 0.15) is 5.78 Å². The van der Waals surface area contributed by atoms with Gasteiger partial charge in [0.2, 0.25) is 0 Å². The van der Waals surface area contributed by atoms with E-state index in [2.05, 4.69) is 33.9 Å². The molecule has 2 aliphatic rings. The molecule has 4 heteroatoms. The predicted molar refractivity (Wildman–Crippen MR) is 73.9 cm³/mol. The quantitative estimate of drug-likeness (QED) is 0.802. The summed E-state index contributed by atoms with van der Waals surface area (Å²) in [6.07, 6.45) is 0.310. The van der Waals surface area contributed by atoms with Crippen LogP contribution in [0.4, 0.5) is 0 Å². The zero-order chi connectivity index (χ0) is 13.9. The van der Waals surface area contributed by atoms with Gasteiger partial charge < -0.3 is 9.53 Å². The van der Waals surface area contributed by atoms with Gasteiger partial charge in [0.05, 0.1) is 11.5 Å². The van der Waals surface area contributed by atoms with E-state index in [4.69, 9.17) is 4.43 Å². The Morgan fingerprint density at radius 2 is 2.00 bits per heavy atom. The molecule has 2 fully saturated rings. The van der Waals surface area contributed by atoms with Crippen LogP contribution in [0.5, 0.6) is 0 Å². The van der Waals surface area contributed by atoms with Crippen molar-refractivity contribution in [2.45, 2.75) is 58.4 Å². The number of carbonyl (C=O) groups is 1. The van der Waals surface area contributed by atoms with Crippen molar-refractivity contribution in [3.05, 3.63) is 0 Å². The van der Waals surface area contributed by atoms with Crippen molar-refractivity contribution < 1.29 is 14.3 Å². The van der Waals surface area contributed by atoms with E-state index in [0.717, 1.165) is 6.42 Å². The molecular weight excluding hydrogens is 244 g/mol. The summed E-state index contributed by atoms with van der Waals surface area (Å²) in [7, 11) is -1.75. The van der Waals surface area contributed by atoms with Crippen LogP contribution >= 0.6 is 0 Å². The van der Waals surface area contributed by atoms with Crippen LogP contribution in [0.1, 0.15) is 34.1 Å². The van der Waals surface area contributed by atoms with E-state index in [1.54, 1.807) is 0 Å². The van der Waals surface area contributed by atoms with Crippen LogP contribution in [0.25, 0.3) is 0 Å². The maximum absolute atomic E-state index is 11.5. The number of Topliss-reactive ketones (excluding diaryl/α,β-unsaturated/α-hetero) is 1. The number of hydrogen-bond donors (Lipinski definition) is 1. The zero-order valence-electron chi connectivity index (χ0n) is 12.4. The summed E-state index contributed by atoms with van der Waals surface area (Å²) in [5.74, 6) is 0.492. The van der Waals surface area contributed by atoms with Gasteiger partial charge in [0.25, 0.3) is 0 Å². The Morgan fingerprint density at radius 1 is 1.44 bits per heavy atom. The number of hydrogen-bond acceptors (Lipinski definition) is 3. The smallest absolute Gasteiger partial charge is 0.191 e. The largest absolute Gasteiger partial charge is 0.416 e. The predicted octanol–water partition coefficient (Wildman–Crippen LogP) is 2.59. The third kappa shape index (κ3) is 1.89. The van der Waals surface area contributed by atoms with Gasteiger partial charge in [-0.1, -0.05) is 20.8 Å². The first kappa shape index (κ1) is 14.2. The number of carbonyl (C=O) groups excluding carboxylic acids is 1. The number of fused-ring (bicyclic) bond motifs is 1. The van der Waals surface area contributed by atoms with Crippen LogP contribution in [-0.4, -0.2) is 31.9 Å². The van der Waals surface area contributed by atoms with Crippen LogP contribution in [0.3, 0.4) is 0 Å². The summed E-state index contributed by atoms with van der Waals surface area (Å²) in [5.41, 5.74) is -0.443. The molecule has 0 heterocycles. The van der Waals surface area contributed by atoms with Gasteiger partial charge in [-0.05, 0) is 31.5 Å². The number of ketones is 1. The van der Waals surface area contributed by atoms with E-state index >= 15 is 0 Å². The molecule has 18 heavy (non-hydrogen) atoms. The second kappa shape index (κ2) is 3.90. The zero-order valence-corrected chi connectivity index (χ0v) is 13.4. The highest BCUT2D eigenvalue weighted by atomic mass is 28.4. The van der Waals surface area contributed by atoms with Crippen LogP contribution in [0.2, 0.25) is 18.1 Å². The molecule has 0 spiro atoms. The van der Waals surface area contributed by atoms with Crippen molar-refractivity contribution in [3.63, 3.8) is 0 Å². The minimum atomic E-state index is -1.75. The minimum absolute atomic E-state index is 0.0977. The van der Waals surface area contributed by atoms with Gasteiger partial charge in [0, 0.05) is 18.4 Å². The fraction of sp³-hybridized carbons (Fsp3) is 0.929. The monoisotopic (exact) mass is 270 g/mol. The topological polar surface area (TPSA) is 46.5 Å². The highest BCUT2D eigenvalue weighted by molar-refractivity contribution is 6.74. The van der Waals surface area contributed by atoms with Gasteiger partial charge >= 0.3 is 0 Å². The van der Waals surface area contributed by atoms with Gasteiger partial charge in [-0.15, -0.1) is 0 Å². The maximum Gasteiger partial charge on any atom is 0.191 e. The molecule has 3 nitrogen and oxygen atoms in total. The average molecular weight is 270 g/mol. The summed E-state index contributed by atoms with van der Waals surface area (Å²) < 4.78 is 6.16. The van der Waals surface area contributed by atoms with E-state index in [1.165, 1.54) is 0 Å². The molecular formula is C14H26O3Si. The van der Waals surface area contributed by atoms with E-state index in [9.17, 15) is 9.90 Å². The minimum Gasteiger partial charge on any atom is -0.416 e. The lowest BCUT2D eigenvalue weighted by molar-refractivity contribution is -0.117. The van der Waals surface area contributed by atoms with Crippen LogP contribution < -0.4 is 0 Å². The summed E-state index contributed by atoms with van der Waals surface area (Å²) in [4.78, 5) is 11.5.